The van der Waals surface area contributed by atoms with Crippen LogP contribution in [0.1, 0.15) is 12.5 Å². The van der Waals surface area contributed by atoms with E-state index < -0.39 is 0 Å². The Morgan fingerprint density at radius 1 is 1.25 bits per heavy atom. The van der Waals surface area contributed by atoms with Crippen molar-refractivity contribution in [2.45, 2.75) is 19.9 Å². The van der Waals surface area contributed by atoms with Gasteiger partial charge in [-0.3, -0.25) is 0 Å². The number of nitrogens with zero attached hydrogens (tertiary/aromatic N) is 2. The molecular formula is C13H21N3. The van der Waals surface area contributed by atoms with Gasteiger partial charge < -0.3 is 15.5 Å². The number of nitrogens with two attached hydrogens (primary N) is 1. The van der Waals surface area contributed by atoms with E-state index in [4.69, 9.17) is 5.73 Å². The molecule has 0 bridgehead atoms. The number of piperazine rings is 1. The van der Waals surface area contributed by atoms with Crippen LogP contribution in [0.25, 0.3) is 0 Å². The smallest absolute Gasteiger partial charge is 0.0390 e. The molecule has 0 aromatic heterocycles. The molecule has 88 valence electrons. The Morgan fingerprint density at radius 2 is 2.00 bits per heavy atom. The van der Waals surface area contributed by atoms with Crippen molar-refractivity contribution >= 4 is 11.4 Å². The molecule has 0 saturated carbocycles. The Balaban J connectivity index is 2.18. The molecule has 0 radical (unpaired) electrons. The fourth-order valence-corrected chi connectivity index (χ4v) is 2.26. The number of likely N-dealkylation sites (N-methyl/N-ethyl adjacent to an activating group) is 1. The first-order valence-electron chi connectivity index (χ1n) is 5.88. The van der Waals surface area contributed by atoms with Gasteiger partial charge in [0.25, 0.3) is 0 Å². The standard InChI is InChI=1S/C13H21N3/c1-10-6-12(14)8-13(7-10)16-5-4-15(3)11(2)9-16/h6-8,11H,4-5,9,14H2,1-3H3. The Labute approximate surface area is 97.8 Å². The topological polar surface area (TPSA) is 32.5 Å². The second-order valence-electron chi connectivity index (χ2n) is 4.88. The second-order valence-corrected chi connectivity index (χ2v) is 4.88. The van der Waals surface area contributed by atoms with Crippen molar-refractivity contribution in [3.05, 3.63) is 23.8 Å². The number of hydrogen-bond acceptors (Lipinski definition) is 3. The Hall–Kier alpha value is -1.22. The summed E-state index contributed by atoms with van der Waals surface area (Å²) in [7, 11) is 2.19. The molecule has 1 heterocycles. The highest BCUT2D eigenvalue weighted by Gasteiger charge is 2.20. The lowest BCUT2D eigenvalue weighted by atomic mass is 10.1. The van der Waals surface area contributed by atoms with Gasteiger partial charge in [-0.2, -0.15) is 0 Å². The van der Waals surface area contributed by atoms with E-state index in [1.807, 2.05) is 6.07 Å². The minimum Gasteiger partial charge on any atom is -0.399 e. The quantitative estimate of drug-likeness (QED) is 0.730. The largest absolute Gasteiger partial charge is 0.399 e. The van der Waals surface area contributed by atoms with Crippen LogP contribution in [0.5, 0.6) is 0 Å². The molecule has 1 aliphatic rings. The van der Waals surface area contributed by atoms with Crippen LogP contribution in [0.2, 0.25) is 0 Å². The van der Waals surface area contributed by atoms with E-state index in [0.717, 1.165) is 25.3 Å². The highest BCUT2D eigenvalue weighted by molar-refractivity contribution is 5.58. The SMILES string of the molecule is Cc1cc(N)cc(N2CCN(C)C(C)C2)c1. The Kier molecular flexibility index (Phi) is 3.06. The van der Waals surface area contributed by atoms with Crippen LogP contribution >= 0.6 is 0 Å². The summed E-state index contributed by atoms with van der Waals surface area (Å²) < 4.78 is 0. The maximum atomic E-state index is 5.89. The van der Waals surface area contributed by atoms with Gasteiger partial charge in [0.15, 0.2) is 0 Å². The molecule has 0 amide bonds. The van der Waals surface area contributed by atoms with Crippen molar-refractivity contribution < 1.29 is 0 Å². The van der Waals surface area contributed by atoms with Crippen LogP contribution in [0.4, 0.5) is 11.4 Å². The van der Waals surface area contributed by atoms with E-state index >= 15 is 0 Å². The molecule has 1 unspecified atom stereocenters. The number of anilines is 2. The van der Waals surface area contributed by atoms with Gasteiger partial charge in [0.1, 0.15) is 0 Å². The summed E-state index contributed by atoms with van der Waals surface area (Å²) in [6.45, 7) is 7.66. The van der Waals surface area contributed by atoms with Crippen molar-refractivity contribution in [1.82, 2.24) is 4.90 Å². The first kappa shape index (κ1) is 11.3. The van der Waals surface area contributed by atoms with E-state index in [9.17, 15) is 0 Å². The zero-order valence-corrected chi connectivity index (χ0v) is 10.4. The van der Waals surface area contributed by atoms with Crippen LogP contribution in [0.15, 0.2) is 18.2 Å². The summed E-state index contributed by atoms with van der Waals surface area (Å²) in [6, 6.07) is 6.91. The van der Waals surface area contributed by atoms with Crippen molar-refractivity contribution in [3.8, 4) is 0 Å². The molecule has 0 spiro atoms. The van der Waals surface area contributed by atoms with Crippen molar-refractivity contribution in [2.24, 2.45) is 0 Å². The monoisotopic (exact) mass is 219 g/mol. The van der Waals surface area contributed by atoms with Gasteiger partial charge in [-0.15, -0.1) is 0 Å². The summed E-state index contributed by atoms with van der Waals surface area (Å²) in [5.41, 5.74) is 9.25. The number of benzene rings is 1. The fourth-order valence-electron chi connectivity index (χ4n) is 2.26. The van der Waals surface area contributed by atoms with E-state index in [1.54, 1.807) is 0 Å². The summed E-state index contributed by atoms with van der Waals surface area (Å²) in [5.74, 6) is 0. The molecule has 16 heavy (non-hydrogen) atoms. The third-order valence-electron chi connectivity index (χ3n) is 3.41. The third kappa shape index (κ3) is 2.30. The van der Waals surface area contributed by atoms with E-state index in [0.29, 0.717) is 6.04 Å². The van der Waals surface area contributed by atoms with Gasteiger partial charge in [0, 0.05) is 37.1 Å². The average molecular weight is 219 g/mol. The number of aryl methyl sites for hydroxylation is 1. The van der Waals surface area contributed by atoms with Gasteiger partial charge in [0.2, 0.25) is 0 Å². The van der Waals surface area contributed by atoms with Crippen LogP contribution in [0, 0.1) is 6.92 Å². The molecule has 1 aliphatic heterocycles. The first-order valence-corrected chi connectivity index (χ1v) is 5.88. The van der Waals surface area contributed by atoms with E-state index in [1.165, 1.54) is 11.3 Å². The van der Waals surface area contributed by atoms with E-state index in [2.05, 4.69) is 42.8 Å². The molecule has 1 saturated heterocycles. The maximum absolute atomic E-state index is 5.89. The van der Waals surface area contributed by atoms with Crippen LogP contribution in [-0.2, 0) is 0 Å². The van der Waals surface area contributed by atoms with Gasteiger partial charge in [-0.05, 0) is 44.7 Å². The zero-order chi connectivity index (χ0) is 11.7. The average Bonchev–Trinajstić information content (AvgIpc) is 2.20. The molecule has 1 aromatic carbocycles. The molecule has 3 heteroatoms. The van der Waals surface area contributed by atoms with Gasteiger partial charge in [-0.1, -0.05) is 0 Å². The first-order chi connectivity index (χ1) is 7.56. The van der Waals surface area contributed by atoms with Crippen LogP contribution in [-0.4, -0.2) is 37.6 Å². The summed E-state index contributed by atoms with van der Waals surface area (Å²) in [5, 5.41) is 0. The minimum atomic E-state index is 0.607. The molecular weight excluding hydrogens is 198 g/mol. The predicted molar refractivity (Wildman–Crippen MR) is 69.9 cm³/mol. The van der Waals surface area contributed by atoms with Crippen molar-refractivity contribution in [3.63, 3.8) is 0 Å². The molecule has 0 aliphatic carbocycles. The molecule has 1 aromatic rings. The lowest BCUT2D eigenvalue weighted by Gasteiger charge is -2.39. The highest BCUT2D eigenvalue weighted by Crippen LogP contribution is 2.22. The zero-order valence-electron chi connectivity index (χ0n) is 10.4. The lowest BCUT2D eigenvalue weighted by Crippen LogP contribution is -2.50. The van der Waals surface area contributed by atoms with E-state index in [-0.39, 0.29) is 0 Å². The molecule has 1 atom stereocenters. The minimum absolute atomic E-state index is 0.607. The second kappa shape index (κ2) is 4.34. The number of nitrogen functional groups attached to an aromatic ring is 1. The van der Waals surface area contributed by atoms with Crippen LogP contribution in [0.3, 0.4) is 0 Å². The van der Waals surface area contributed by atoms with Gasteiger partial charge in [-0.25, -0.2) is 0 Å². The normalized spacial score (nSPS) is 22.4. The highest BCUT2D eigenvalue weighted by atomic mass is 15.3. The number of hydrogen-bond donors (Lipinski definition) is 1. The molecule has 1 fully saturated rings. The third-order valence-corrected chi connectivity index (χ3v) is 3.41. The Morgan fingerprint density at radius 3 is 2.62 bits per heavy atom. The lowest BCUT2D eigenvalue weighted by molar-refractivity contribution is 0.234. The summed E-state index contributed by atoms with van der Waals surface area (Å²) in [6.07, 6.45) is 0. The van der Waals surface area contributed by atoms with Gasteiger partial charge >= 0.3 is 0 Å². The predicted octanol–water partition coefficient (Wildman–Crippen LogP) is 1.72. The van der Waals surface area contributed by atoms with Crippen LogP contribution < -0.4 is 10.6 Å². The fraction of sp³-hybridized carbons (Fsp3) is 0.538. The van der Waals surface area contributed by atoms with Crippen molar-refractivity contribution in [2.75, 3.05) is 37.3 Å². The maximum Gasteiger partial charge on any atom is 0.0390 e. The van der Waals surface area contributed by atoms with Gasteiger partial charge in [0.05, 0.1) is 0 Å². The molecule has 2 rings (SSSR count). The molecule has 2 N–H and O–H groups in total. The summed E-state index contributed by atoms with van der Waals surface area (Å²) in [4.78, 5) is 4.82. The molecule has 3 nitrogen and oxygen atoms in total. The summed E-state index contributed by atoms with van der Waals surface area (Å²) >= 11 is 0. The Bertz CT molecular complexity index is 355. The van der Waals surface area contributed by atoms with Crippen molar-refractivity contribution in [1.29, 1.82) is 0 Å². The number of rotatable bonds is 1.